The summed E-state index contributed by atoms with van der Waals surface area (Å²) in [5.74, 6) is 0.184. The van der Waals surface area contributed by atoms with Gasteiger partial charge in [0.2, 0.25) is 5.91 Å². The molecule has 4 aromatic rings. The standard InChI is InChI=1S/C23H23N5O2/c1-3-10-28-11-8-16-12-18(6-7-20(16)28)26-21(29)13-19-15(2)25-22(27-23(19)30)17-5-4-9-24-14-17/h4-9,11-12,14H,3,10,13H2,1-2H3,(H,26,29)(H,25,27,30). The molecule has 7 heteroatoms. The Bertz CT molecular complexity index is 1260. The molecule has 0 fully saturated rings. The fraction of sp³-hybridized carbons (Fsp3) is 0.217. The summed E-state index contributed by atoms with van der Waals surface area (Å²) in [6.45, 7) is 4.84. The number of carbonyl (C=O) groups excluding carboxylic acids is 1. The number of hydrogen-bond donors (Lipinski definition) is 2. The molecule has 3 aromatic heterocycles. The van der Waals surface area contributed by atoms with Crippen LogP contribution in [0.2, 0.25) is 0 Å². The van der Waals surface area contributed by atoms with Gasteiger partial charge in [-0.2, -0.15) is 0 Å². The van der Waals surface area contributed by atoms with Crippen LogP contribution in [0.25, 0.3) is 22.3 Å². The number of rotatable bonds is 6. The van der Waals surface area contributed by atoms with E-state index >= 15 is 0 Å². The van der Waals surface area contributed by atoms with Crippen LogP contribution in [0.5, 0.6) is 0 Å². The Hall–Kier alpha value is -3.74. The van der Waals surface area contributed by atoms with E-state index < -0.39 is 0 Å². The molecule has 1 amide bonds. The molecular formula is C23H23N5O2. The Morgan fingerprint density at radius 2 is 2.10 bits per heavy atom. The van der Waals surface area contributed by atoms with E-state index in [-0.39, 0.29) is 17.9 Å². The third-order valence-electron chi connectivity index (χ3n) is 5.01. The summed E-state index contributed by atoms with van der Waals surface area (Å²) in [5.41, 5.74) is 3.13. The number of aromatic nitrogens is 4. The van der Waals surface area contributed by atoms with Crippen LogP contribution in [0.15, 0.2) is 59.8 Å². The quantitative estimate of drug-likeness (QED) is 0.515. The van der Waals surface area contributed by atoms with Crippen molar-refractivity contribution in [2.45, 2.75) is 33.2 Å². The van der Waals surface area contributed by atoms with Gasteiger partial charge in [0.25, 0.3) is 5.56 Å². The molecule has 0 saturated carbocycles. The lowest BCUT2D eigenvalue weighted by molar-refractivity contribution is -0.115. The molecule has 2 N–H and O–H groups in total. The lowest BCUT2D eigenvalue weighted by atomic mass is 10.1. The summed E-state index contributed by atoms with van der Waals surface area (Å²) in [6, 6.07) is 11.5. The van der Waals surface area contributed by atoms with Gasteiger partial charge in [-0.3, -0.25) is 14.6 Å². The maximum absolute atomic E-state index is 12.6. The minimum atomic E-state index is -0.316. The van der Waals surface area contributed by atoms with Gasteiger partial charge in [-0.25, -0.2) is 4.98 Å². The normalized spacial score (nSPS) is 11.0. The molecule has 0 aliphatic rings. The van der Waals surface area contributed by atoms with E-state index in [1.54, 1.807) is 25.4 Å². The molecule has 1 aromatic carbocycles. The van der Waals surface area contributed by atoms with E-state index in [0.29, 0.717) is 22.8 Å². The maximum atomic E-state index is 12.6. The summed E-state index contributed by atoms with van der Waals surface area (Å²) in [4.78, 5) is 36.4. The maximum Gasteiger partial charge on any atom is 0.255 e. The summed E-state index contributed by atoms with van der Waals surface area (Å²) in [5, 5.41) is 3.95. The van der Waals surface area contributed by atoms with Gasteiger partial charge in [-0.1, -0.05) is 6.92 Å². The number of H-pyrrole nitrogens is 1. The Balaban J connectivity index is 1.51. The number of fused-ring (bicyclic) bond motifs is 1. The van der Waals surface area contributed by atoms with Gasteiger partial charge in [-0.15, -0.1) is 0 Å². The highest BCUT2D eigenvalue weighted by Crippen LogP contribution is 2.21. The number of aryl methyl sites for hydroxylation is 2. The van der Waals surface area contributed by atoms with Crippen molar-refractivity contribution in [2.75, 3.05) is 5.32 Å². The third kappa shape index (κ3) is 4.00. The van der Waals surface area contributed by atoms with E-state index in [1.165, 1.54) is 0 Å². The molecule has 152 valence electrons. The lowest BCUT2D eigenvalue weighted by Gasteiger charge is -2.09. The number of nitrogens with one attached hydrogen (secondary N) is 2. The van der Waals surface area contributed by atoms with E-state index in [9.17, 15) is 9.59 Å². The number of hydrogen-bond acceptors (Lipinski definition) is 4. The van der Waals surface area contributed by atoms with E-state index in [4.69, 9.17) is 0 Å². The second-order valence-electron chi connectivity index (χ2n) is 7.23. The number of nitrogens with zero attached hydrogens (tertiary/aromatic N) is 3. The Morgan fingerprint density at radius 3 is 2.83 bits per heavy atom. The molecular weight excluding hydrogens is 378 g/mol. The van der Waals surface area contributed by atoms with Gasteiger partial charge >= 0.3 is 0 Å². The van der Waals surface area contributed by atoms with Crippen LogP contribution in [0.1, 0.15) is 24.6 Å². The molecule has 0 bridgehead atoms. The highest BCUT2D eigenvalue weighted by atomic mass is 16.2. The van der Waals surface area contributed by atoms with Crippen molar-refractivity contribution in [1.29, 1.82) is 0 Å². The Kier molecular flexibility index (Phi) is 5.43. The van der Waals surface area contributed by atoms with Crippen LogP contribution in [0, 0.1) is 6.92 Å². The van der Waals surface area contributed by atoms with Gasteiger partial charge in [0, 0.05) is 58.5 Å². The first-order valence-electron chi connectivity index (χ1n) is 9.94. The molecule has 0 unspecified atom stereocenters. The van der Waals surface area contributed by atoms with Crippen LogP contribution in [-0.4, -0.2) is 25.4 Å². The minimum absolute atomic E-state index is 0.0453. The van der Waals surface area contributed by atoms with E-state index in [0.717, 1.165) is 29.4 Å². The predicted molar refractivity (Wildman–Crippen MR) is 117 cm³/mol. The van der Waals surface area contributed by atoms with Gasteiger partial charge in [0.1, 0.15) is 5.82 Å². The van der Waals surface area contributed by atoms with Crippen LogP contribution >= 0.6 is 0 Å². The van der Waals surface area contributed by atoms with Crippen molar-refractivity contribution in [3.8, 4) is 11.4 Å². The second-order valence-corrected chi connectivity index (χ2v) is 7.23. The zero-order valence-electron chi connectivity index (χ0n) is 17.0. The molecule has 30 heavy (non-hydrogen) atoms. The number of aromatic amines is 1. The van der Waals surface area contributed by atoms with Gasteiger partial charge in [0.15, 0.2) is 0 Å². The van der Waals surface area contributed by atoms with Crippen molar-refractivity contribution >= 4 is 22.5 Å². The highest BCUT2D eigenvalue weighted by Gasteiger charge is 2.14. The van der Waals surface area contributed by atoms with Crippen molar-refractivity contribution in [1.82, 2.24) is 19.5 Å². The molecule has 0 aliphatic heterocycles. The zero-order chi connectivity index (χ0) is 21.1. The van der Waals surface area contributed by atoms with Crippen molar-refractivity contribution < 1.29 is 4.79 Å². The number of anilines is 1. The summed E-state index contributed by atoms with van der Waals surface area (Å²) >= 11 is 0. The highest BCUT2D eigenvalue weighted by molar-refractivity contribution is 5.95. The predicted octanol–water partition coefficient (Wildman–Crippen LogP) is 3.69. The number of benzene rings is 1. The minimum Gasteiger partial charge on any atom is -0.347 e. The van der Waals surface area contributed by atoms with Crippen LogP contribution in [-0.2, 0) is 17.8 Å². The third-order valence-corrected chi connectivity index (χ3v) is 5.01. The van der Waals surface area contributed by atoms with Gasteiger partial charge in [0.05, 0.1) is 6.42 Å². The Labute approximate surface area is 173 Å². The molecule has 0 spiro atoms. The fourth-order valence-electron chi connectivity index (χ4n) is 3.54. The average molecular weight is 401 g/mol. The van der Waals surface area contributed by atoms with Crippen LogP contribution in [0.3, 0.4) is 0 Å². The molecule has 4 rings (SSSR count). The van der Waals surface area contributed by atoms with E-state index in [1.807, 2.05) is 30.3 Å². The summed E-state index contributed by atoms with van der Waals surface area (Å²) in [7, 11) is 0. The smallest absolute Gasteiger partial charge is 0.255 e. The second kappa shape index (κ2) is 8.32. The first kappa shape index (κ1) is 19.6. The SMILES string of the molecule is CCCn1ccc2cc(NC(=O)Cc3c(C)nc(-c4cccnc4)[nH]c3=O)ccc21. The fourth-order valence-corrected chi connectivity index (χ4v) is 3.54. The molecule has 3 heterocycles. The number of amides is 1. The van der Waals surface area contributed by atoms with Crippen LogP contribution < -0.4 is 10.9 Å². The van der Waals surface area contributed by atoms with Crippen molar-refractivity contribution in [3.05, 3.63) is 76.6 Å². The topological polar surface area (TPSA) is 92.7 Å². The number of pyridine rings is 1. The molecule has 0 aliphatic carbocycles. The first-order chi connectivity index (χ1) is 14.5. The summed E-state index contributed by atoms with van der Waals surface area (Å²) in [6.07, 6.45) is 6.36. The largest absolute Gasteiger partial charge is 0.347 e. The summed E-state index contributed by atoms with van der Waals surface area (Å²) < 4.78 is 2.19. The van der Waals surface area contributed by atoms with Crippen LogP contribution in [0.4, 0.5) is 5.69 Å². The average Bonchev–Trinajstić information content (AvgIpc) is 3.13. The molecule has 0 saturated heterocycles. The zero-order valence-corrected chi connectivity index (χ0v) is 17.0. The van der Waals surface area contributed by atoms with Gasteiger partial charge in [-0.05, 0) is 49.7 Å². The van der Waals surface area contributed by atoms with E-state index in [2.05, 4.69) is 38.0 Å². The number of carbonyl (C=O) groups is 1. The Morgan fingerprint density at radius 1 is 1.23 bits per heavy atom. The first-order valence-corrected chi connectivity index (χ1v) is 9.94. The molecule has 0 radical (unpaired) electrons. The van der Waals surface area contributed by atoms with Crippen molar-refractivity contribution in [3.63, 3.8) is 0 Å². The molecule has 0 atom stereocenters. The van der Waals surface area contributed by atoms with Gasteiger partial charge < -0.3 is 14.9 Å². The monoisotopic (exact) mass is 401 g/mol. The van der Waals surface area contributed by atoms with Crippen molar-refractivity contribution in [2.24, 2.45) is 0 Å². The lowest BCUT2D eigenvalue weighted by Crippen LogP contribution is -2.23. The molecule has 7 nitrogen and oxygen atoms in total.